The summed E-state index contributed by atoms with van der Waals surface area (Å²) in [7, 11) is 0. The van der Waals surface area contributed by atoms with Gasteiger partial charge in [0.2, 0.25) is 0 Å². The first-order chi connectivity index (χ1) is 4.18. The van der Waals surface area contributed by atoms with E-state index in [1.807, 2.05) is 0 Å². The second kappa shape index (κ2) is 2.70. The third-order valence-corrected chi connectivity index (χ3v) is 2.21. The smallest absolute Gasteiger partial charge is 0.00439 e. The van der Waals surface area contributed by atoms with E-state index in [4.69, 9.17) is 5.73 Å². The first-order valence-electron chi connectivity index (χ1n) is 3.94. The average molecular weight is 127 g/mol. The molecule has 0 heterocycles. The fraction of sp³-hybridized carbons (Fsp3) is 1.00. The van der Waals surface area contributed by atoms with E-state index in [0.29, 0.717) is 6.04 Å². The molecule has 2 unspecified atom stereocenters. The number of hydrogen-bond donors (Lipinski definition) is 1. The highest BCUT2D eigenvalue weighted by Gasteiger charge is 2.20. The van der Waals surface area contributed by atoms with Crippen LogP contribution in [-0.2, 0) is 0 Å². The minimum atomic E-state index is 0.490. The lowest BCUT2D eigenvalue weighted by Crippen LogP contribution is -2.30. The Kier molecular flexibility index (Phi) is 2.12. The van der Waals surface area contributed by atoms with Crippen molar-refractivity contribution in [2.24, 2.45) is 17.6 Å². The zero-order chi connectivity index (χ0) is 6.85. The van der Waals surface area contributed by atoms with E-state index >= 15 is 0 Å². The Labute approximate surface area is 57.6 Å². The highest BCUT2D eigenvalue weighted by molar-refractivity contribution is 4.76. The van der Waals surface area contributed by atoms with E-state index in [1.54, 1.807) is 0 Å². The van der Waals surface area contributed by atoms with Crippen molar-refractivity contribution in [3.63, 3.8) is 0 Å². The Morgan fingerprint density at radius 3 is 1.78 bits per heavy atom. The van der Waals surface area contributed by atoms with Crippen LogP contribution in [0.15, 0.2) is 0 Å². The second-order valence-corrected chi connectivity index (χ2v) is 3.68. The van der Waals surface area contributed by atoms with Gasteiger partial charge in [-0.1, -0.05) is 13.8 Å². The van der Waals surface area contributed by atoms with Crippen molar-refractivity contribution in [2.75, 3.05) is 0 Å². The van der Waals surface area contributed by atoms with Crippen LogP contribution in [0.4, 0.5) is 0 Å². The van der Waals surface area contributed by atoms with Gasteiger partial charge in [0, 0.05) is 6.04 Å². The van der Waals surface area contributed by atoms with E-state index in [9.17, 15) is 0 Å². The van der Waals surface area contributed by atoms with Gasteiger partial charge < -0.3 is 5.73 Å². The number of hydrogen-bond acceptors (Lipinski definition) is 1. The van der Waals surface area contributed by atoms with Gasteiger partial charge in [-0.15, -0.1) is 0 Å². The molecule has 1 nitrogen and oxygen atoms in total. The lowest BCUT2D eigenvalue weighted by atomic mass is 9.81. The van der Waals surface area contributed by atoms with Gasteiger partial charge in [-0.25, -0.2) is 0 Å². The number of nitrogens with two attached hydrogens (primary N) is 1. The zero-order valence-electron chi connectivity index (χ0n) is 6.43. The summed E-state index contributed by atoms with van der Waals surface area (Å²) in [6, 6.07) is 0.490. The fourth-order valence-electron chi connectivity index (χ4n) is 2.01. The minimum absolute atomic E-state index is 0.490. The van der Waals surface area contributed by atoms with E-state index in [2.05, 4.69) is 13.8 Å². The maximum Gasteiger partial charge on any atom is 0.00439 e. The van der Waals surface area contributed by atoms with Crippen LogP contribution in [-0.4, -0.2) is 6.04 Å². The summed E-state index contributed by atoms with van der Waals surface area (Å²) < 4.78 is 0. The van der Waals surface area contributed by atoms with Gasteiger partial charge in [0.1, 0.15) is 0 Å². The molecule has 0 aromatic rings. The second-order valence-electron chi connectivity index (χ2n) is 3.68. The normalized spacial score (nSPS) is 45.0. The predicted molar refractivity (Wildman–Crippen MR) is 40.2 cm³/mol. The average Bonchev–Trinajstić information content (AvgIpc) is 1.59. The molecule has 0 aromatic carbocycles. The van der Waals surface area contributed by atoms with E-state index in [0.717, 1.165) is 11.8 Å². The molecule has 2 atom stereocenters. The number of rotatable bonds is 0. The van der Waals surface area contributed by atoms with Crippen LogP contribution < -0.4 is 5.73 Å². The summed E-state index contributed by atoms with van der Waals surface area (Å²) in [6.07, 6.45) is 3.86. The first-order valence-corrected chi connectivity index (χ1v) is 3.94. The molecule has 0 bridgehead atoms. The summed E-state index contributed by atoms with van der Waals surface area (Å²) in [5.74, 6) is 1.73. The van der Waals surface area contributed by atoms with Crippen LogP contribution in [0.25, 0.3) is 0 Å². The van der Waals surface area contributed by atoms with Gasteiger partial charge >= 0.3 is 0 Å². The molecule has 1 fully saturated rings. The third kappa shape index (κ3) is 1.98. The summed E-state index contributed by atoms with van der Waals surface area (Å²) in [5.41, 5.74) is 5.82. The van der Waals surface area contributed by atoms with Crippen molar-refractivity contribution in [3.8, 4) is 0 Å². The first kappa shape index (κ1) is 7.07. The topological polar surface area (TPSA) is 26.0 Å². The molecule has 0 amide bonds. The van der Waals surface area contributed by atoms with Gasteiger partial charge in [-0.05, 0) is 31.1 Å². The predicted octanol–water partition coefficient (Wildman–Crippen LogP) is 1.77. The molecule has 1 rings (SSSR count). The van der Waals surface area contributed by atoms with Crippen LogP contribution in [0.5, 0.6) is 0 Å². The lowest BCUT2D eigenvalue weighted by molar-refractivity contribution is 0.269. The van der Waals surface area contributed by atoms with Crippen molar-refractivity contribution in [1.29, 1.82) is 0 Å². The van der Waals surface area contributed by atoms with Gasteiger partial charge in [-0.3, -0.25) is 0 Å². The fourth-order valence-corrected chi connectivity index (χ4v) is 2.01. The molecule has 0 radical (unpaired) electrons. The van der Waals surface area contributed by atoms with Crippen LogP contribution >= 0.6 is 0 Å². The maximum atomic E-state index is 5.82. The Morgan fingerprint density at radius 1 is 1.00 bits per heavy atom. The molecule has 1 saturated carbocycles. The summed E-state index contributed by atoms with van der Waals surface area (Å²) in [5, 5.41) is 0. The van der Waals surface area contributed by atoms with E-state index in [-0.39, 0.29) is 0 Å². The van der Waals surface area contributed by atoms with Crippen molar-refractivity contribution >= 4 is 0 Å². The Balaban J connectivity index is 2.34. The third-order valence-electron chi connectivity index (χ3n) is 2.21. The molecule has 2 N–H and O–H groups in total. The lowest BCUT2D eigenvalue weighted by Gasteiger charge is -2.28. The Bertz CT molecular complexity index is 65.5. The summed E-state index contributed by atoms with van der Waals surface area (Å²) in [4.78, 5) is 0. The molecule has 9 heavy (non-hydrogen) atoms. The van der Waals surface area contributed by atoms with Crippen molar-refractivity contribution in [2.45, 2.75) is 39.2 Å². The van der Waals surface area contributed by atoms with Crippen LogP contribution in [0.2, 0.25) is 0 Å². The zero-order valence-corrected chi connectivity index (χ0v) is 6.43. The SMILES string of the molecule is CC1CC(C)CC(N)C1. The van der Waals surface area contributed by atoms with Gasteiger partial charge in [0.15, 0.2) is 0 Å². The van der Waals surface area contributed by atoms with Crippen LogP contribution in [0, 0.1) is 11.8 Å². The molecular weight excluding hydrogens is 110 g/mol. The van der Waals surface area contributed by atoms with Crippen molar-refractivity contribution < 1.29 is 0 Å². The van der Waals surface area contributed by atoms with Gasteiger partial charge in [-0.2, -0.15) is 0 Å². The minimum Gasteiger partial charge on any atom is -0.328 e. The molecule has 1 aliphatic rings. The highest BCUT2D eigenvalue weighted by atomic mass is 14.6. The Hall–Kier alpha value is -0.0400. The Morgan fingerprint density at radius 2 is 1.44 bits per heavy atom. The molecule has 0 aromatic heterocycles. The quantitative estimate of drug-likeness (QED) is 0.527. The van der Waals surface area contributed by atoms with E-state index < -0.39 is 0 Å². The van der Waals surface area contributed by atoms with Gasteiger partial charge in [0.05, 0.1) is 0 Å². The van der Waals surface area contributed by atoms with Crippen molar-refractivity contribution in [3.05, 3.63) is 0 Å². The highest BCUT2D eigenvalue weighted by Crippen LogP contribution is 2.26. The standard InChI is InChI=1S/C8H17N/c1-6-3-7(2)5-8(9)4-6/h6-8H,3-5,9H2,1-2H3. The van der Waals surface area contributed by atoms with Crippen LogP contribution in [0.1, 0.15) is 33.1 Å². The molecule has 1 heteroatoms. The molecule has 1 aliphatic carbocycles. The molecule has 0 spiro atoms. The van der Waals surface area contributed by atoms with Crippen LogP contribution in [0.3, 0.4) is 0 Å². The summed E-state index contributed by atoms with van der Waals surface area (Å²) in [6.45, 7) is 4.60. The molecule has 0 aliphatic heterocycles. The molecular formula is C8H17N. The summed E-state index contributed by atoms with van der Waals surface area (Å²) >= 11 is 0. The largest absolute Gasteiger partial charge is 0.328 e. The molecule has 0 saturated heterocycles. The maximum absolute atomic E-state index is 5.82. The monoisotopic (exact) mass is 127 g/mol. The van der Waals surface area contributed by atoms with Gasteiger partial charge in [0.25, 0.3) is 0 Å². The molecule has 54 valence electrons. The van der Waals surface area contributed by atoms with E-state index in [1.165, 1.54) is 19.3 Å². The van der Waals surface area contributed by atoms with Crippen molar-refractivity contribution in [1.82, 2.24) is 0 Å².